The molecular formula is C15H12ClF2NO. The maximum atomic E-state index is 13.0. The Bertz CT molecular complexity index is 631. The van der Waals surface area contributed by atoms with Gasteiger partial charge in [0.05, 0.1) is 5.02 Å². The van der Waals surface area contributed by atoms with Gasteiger partial charge in [-0.1, -0.05) is 23.7 Å². The first kappa shape index (κ1) is 14.5. The molecule has 0 atom stereocenters. The molecule has 0 bridgehead atoms. The molecule has 1 N–H and O–H groups in total. The number of benzene rings is 2. The van der Waals surface area contributed by atoms with Crippen LogP contribution in [0.2, 0.25) is 5.02 Å². The summed E-state index contributed by atoms with van der Waals surface area (Å²) in [6, 6.07) is 10.1. The van der Waals surface area contributed by atoms with Gasteiger partial charge in [-0.2, -0.15) is 0 Å². The summed E-state index contributed by atoms with van der Waals surface area (Å²) < 4.78 is 25.9. The molecule has 2 aromatic carbocycles. The molecule has 0 saturated heterocycles. The van der Waals surface area contributed by atoms with Gasteiger partial charge >= 0.3 is 0 Å². The van der Waals surface area contributed by atoms with Gasteiger partial charge in [-0.15, -0.1) is 0 Å². The molecule has 0 aliphatic heterocycles. The minimum atomic E-state index is -0.538. The number of hydrogen-bond donors (Lipinski definition) is 1. The van der Waals surface area contributed by atoms with Gasteiger partial charge in [-0.3, -0.25) is 4.79 Å². The molecule has 0 aliphatic carbocycles. The lowest BCUT2D eigenvalue weighted by Gasteiger charge is -2.06. The van der Waals surface area contributed by atoms with E-state index in [-0.39, 0.29) is 23.2 Å². The van der Waals surface area contributed by atoms with Gasteiger partial charge < -0.3 is 5.32 Å². The third-order valence-corrected chi connectivity index (χ3v) is 3.02. The zero-order valence-corrected chi connectivity index (χ0v) is 11.3. The highest BCUT2D eigenvalue weighted by atomic mass is 35.5. The Morgan fingerprint density at radius 2 is 1.95 bits per heavy atom. The molecule has 0 fully saturated rings. The molecule has 20 heavy (non-hydrogen) atoms. The predicted molar refractivity (Wildman–Crippen MR) is 74.8 cm³/mol. The van der Waals surface area contributed by atoms with Gasteiger partial charge in [0.1, 0.15) is 11.6 Å². The Morgan fingerprint density at radius 3 is 2.65 bits per heavy atom. The number of carbonyl (C=O) groups is 1. The average molecular weight is 296 g/mol. The fraction of sp³-hybridized carbons (Fsp3) is 0.133. The average Bonchev–Trinajstić information content (AvgIpc) is 2.41. The van der Waals surface area contributed by atoms with Crippen LogP contribution in [0.1, 0.15) is 12.0 Å². The van der Waals surface area contributed by atoms with E-state index in [1.807, 2.05) is 0 Å². The minimum Gasteiger partial charge on any atom is -0.326 e. The fourth-order valence-corrected chi connectivity index (χ4v) is 1.93. The molecule has 2 nitrogen and oxygen atoms in total. The summed E-state index contributed by atoms with van der Waals surface area (Å²) in [4.78, 5) is 11.7. The van der Waals surface area contributed by atoms with Gasteiger partial charge in [0.15, 0.2) is 0 Å². The molecule has 104 valence electrons. The number of hydrogen-bond acceptors (Lipinski definition) is 1. The van der Waals surface area contributed by atoms with Gasteiger partial charge in [-0.05, 0) is 42.3 Å². The number of halogens is 3. The van der Waals surface area contributed by atoms with Crippen LogP contribution < -0.4 is 5.32 Å². The number of anilines is 1. The van der Waals surface area contributed by atoms with Crippen molar-refractivity contribution >= 4 is 23.2 Å². The van der Waals surface area contributed by atoms with Crippen molar-refractivity contribution in [3.8, 4) is 0 Å². The Morgan fingerprint density at radius 1 is 1.15 bits per heavy atom. The van der Waals surface area contributed by atoms with Crippen LogP contribution in [0.3, 0.4) is 0 Å². The molecular weight excluding hydrogens is 284 g/mol. The first-order chi connectivity index (χ1) is 9.54. The van der Waals surface area contributed by atoms with Crippen LogP contribution in [0, 0.1) is 11.6 Å². The van der Waals surface area contributed by atoms with Crippen molar-refractivity contribution in [2.75, 3.05) is 5.32 Å². The Balaban J connectivity index is 1.91. The van der Waals surface area contributed by atoms with E-state index in [1.54, 1.807) is 12.1 Å². The summed E-state index contributed by atoms with van der Waals surface area (Å²) in [6.45, 7) is 0. The van der Waals surface area contributed by atoms with Gasteiger partial charge in [0.2, 0.25) is 5.91 Å². The molecule has 0 aromatic heterocycles. The highest BCUT2D eigenvalue weighted by Gasteiger charge is 2.06. The first-order valence-electron chi connectivity index (χ1n) is 6.04. The van der Waals surface area contributed by atoms with Crippen LogP contribution >= 0.6 is 11.6 Å². The van der Waals surface area contributed by atoms with Crippen molar-refractivity contribution in [1.82, 2.24) is 0 Å². The maximum absolute atomic E-state index is 13.0. The van der Waals surface area contributed by atoms with Crippen LogP contribution in [0.5, 0.6) is 0 Å². The van der Waals surface area contributed by atoms with E-state index in [4.69, 9.17) is 11.6 Å². The summed E-state index contributed by atoms with van der Waals surface area (Å²) in [6.07, 6.45) is 0.636. The lowest BCUT2D eigenvalue weighted by Crippen LogP contribution is -2.12. The number of carbonyl (C=O) groups excluding carboxylic acids is 1. The van der Waals surface area contributed by atoms with E-state index in [1.165, 1.54) is 30.3 Å². The second kappa shape index (κ2) is 6.48. The minimum absolute atomic E-state index is 0.0482. The number of aryl methyl sites for hydroxylation is 1. The van der Waals surface area contributed by atoms with Crippen molar-refractivity contribution in [3.05, 3.63) is 64.7 Å². The van der Waals surface area contributed by atoms with E-state index < -0.39 is 5.82 Å². The van der Waals surface area contributed by atoms with E-state index in [0.717, 1.165) is 5.56 Å². The monoisotopic (exact) mass is 295 g/mol. The summed E-state index contributed by atoms with van der Waals surface area (Å²) in [5.41, 5.74) is 1.18. The first-order valence-corrected chi connectivity index (χ1v) is 6.42. The van der Waals surface area contributed by atoms with E-state index in [2.05, 4.69) is 5.32 Å². The Labute approximate surface area is 120 Å². The smallest absolute Gasteiger partial charge is 0.224 e. The van der Waals surface area contributed by atoms with Crippen LogP contribution in [0.25, 0.3) is 0 Å². The second-order valence-electron chi connectivity index (χ2n) is 4.31. The number of nitrogens with one attached hydrogen (secondary N) is 1. The third-order valence-electron chi connectivity index (χ3n) is 2.73. The summed E-state index contributed by atoms with van der Waals surface area (Å²) >= 11 is 5.62. The van der Waals surface area contributed by atoms with Crippen molar-refractivity contribution in [2.24, 2.45) is 0 Å². The lowest BCUT2D eigenvalue weighted by molar-refractivity contribution is -0.116. The van der Waals surface area contributed by atoms with Crippen LogP contribution in [-0.2, 0) is 11.2 Å². The van der Waals surface area contributed by atoms with Crippen molar-refractivity contribution in [2.45, 2.75) is 12.8 Å². The third kappa shape index (κ3) is 4.03. The van der Waals surface area contributed by atoms with E-state index >= 15 is 0 Å². The molecule has 0 unspecified atom stereocenters. The molecule has 0 heterocycles. The van der Waals surface area contributed by atoms with Crippen LogP contribution in [-0.4, -0.2) is 5.91 Å². The quantitative estimate of drug-likeness (QED) is 0.900. The molecule has 0 spiro atoms. The fourth-order valence-electron chi connectivity index (χ4n) is 1.75. The van der Waals surface area contributed by atoms with Crippen molar-refractivity contribution in [3.63, 3.8) is 0 Å². The van der Waals surface area contributed by atoms with E-state index in [0.29, 0.717) is 12.1 Å². The van der Waals surface area contributed by atoms with Crippen LogP contribution in [0.4, 0.5) is 14.5 Å². The highest BCUT2D eigenvalue weighted by molar-refractivity contribution is 6.31. The van der Waals surface area contributed by atoms with E-state index in [9.17, 15) is 13.6 Å². The van der Waals surface area contributed by atoms with Crippen molar-refractivity contribution < 1.29 is 13.6 Å². The topological polar surface area (TPSA) is 29.1 Å². The van der Waals surface area contributed by atoms with Gasteiger partial charge in [0, 0.05) is 12.1 Å². The maximum Gasteiger partial charge on any atom is 0.224 e. The molecule has 5 heteroatoms. The summed E-state index contributed by atoms with van der Waals surface area (Å²) in [7, 11) is 0. The molecule has 0 aliphatic rings. The van der Waals surface area contributed by atoms with Crippen molar-refractivity contribution in [1.29, 1.82) is 0 Å². The highest BCUT2D eigenvalue weighted by Crippen LogP contribution is 2.19. The van der Waals surface area contributed by atoms with Gasteiger partial charge in [-0.25, -0.2) is 8.78 Å². The zero-order valence-electron chi connectivity index (χ0n) is 10.5. The van der Waals surface area contributed by atoms with Gasteiger partial charge in [0.25, 0.3) is 0 Å². The summed E-state index contributed by atoms with van der Waals surface area (Å²) in [5.74, 6) is -1.10. The number of amides is 1. The number of rotatable bonds is 4. The largest absolute Gasteiger partial charge is 0.326 e. The zero-order chi connectivity index (χ0) is 14.5. The molecule has 1 amide bonds. The normalized spacial score (nSPS) is 10.3. The SMILES string of the molecule is O=C(CCc1cccc(F)c1)Nc1ccc(F)c(Cl)c1. The standard InChI is InChI=1S/C15H12ClF2NO/c16-13-9-12(5-6-14(13)18)19-15(20)7-4-10-2-1-3-11(17)8-10/h1-3,5-6,8-9H,4,7H2,(H,19,20). The van der Waals surface area contributed by atoms with Crippen LogP contribution in [0.15, 0.2) is 42.5 Å². The molecule has 2 aromatic rings. The molecule has 2 rings (SSSR count). The molecule has 0 saturated carbocycles. The predicted octanol–water partition coefficient (Wildman–Crippen LogP) is 4.19. The Kier molecular flexibility index (Phi) is 4.69. The second-order valence-corrected chi connectivity index (χ2v) is 4.71. The lowest BCUT2D eigenvalue weighted by atomic mass is 10.1. The molecule has 0 radical (unpaired) electrons. The Hall–Kier alpha value is -1.94. The summed E-state index contributed by atoms with van der Waals surface area (Å²) in [5, 5.41) is 2.56.